The topological polar surface area (TPSA) is 30.7 Å². The van der Waals surface area contributed by atoms with E-state index in [2.05, 4.69) is 10.1 Å². The van der Waals surface area contributed by atoms with Gasteiger partial charge in [-0.3, -0.25) is 0 Å². The van der Waals surface area contributed by atoms with Crippen molar-refractivity contribution in [2.75, 3.05) is 0 Å². The largest absolute Gasteiger partial charge is 0.410 e. The van der Waals surface area contributed by atoms with Gasteiger partial charge in [0.2, 0.25) is 0 Å². The molecule has 1 atom stereocenters. The Hall–Kier alpha value is -1.07. The zero-order valence-corrected chi connectivity index (χ0v) is 8.21. The lowest BCUT2D eigenvalue weighted by molar-refractivity contribution is -0.166. The smallest absolute Gasteiger partial charge is 0.238 e. The predicted octanol–water partition coefficient (Wildman–Crippen LogP) is 2.52. The van der Waals surface area contributed by atoms with Gasteiger partial charge < -0.3 is 0 Å². The summed E-state index contributed by atoms with van der Waals surface area (Å²) < 4.78 is 38.0. The van der Waals surface area contributed by atoms with Gasteiger partial charge in [0.15, 0.2) is 0 Å². The fourth-order valence-electron chi connectivity index (χ4n) is 1.11. The summed E-state index contributed by atoms with van der Waals surface area (Å²) in [7, 11) is 0. The van der Waals surface area contributed by atoms with Crippen LogP contribution in [0.15, 0.2) is 6.33 Å². The highest BCUT2D eigenvalue weighted by molar-refractivity contribution is 4.94. The number of aromatic nitrogens is 3. The molecule has 0 unspecified atom stereocenters. The molecule has 1 rings (SSSR count). The molecule has 80 valence electrons. The van der Waals surface area contributed by atoms with Crippen molar-refractivity contribution in [3.05, 3.63) is 12.2 Å². The Morgan fingerprint density at radius 1 is 1.29 bits per heavy atom. The van der Waals surface area contributed by atoms with E-state index < -0.39 is 12.2 Å². The summed E-state index contributed by atoms with van der Waals surface area (Å²) in [5, 5.41) is 3.59. The zero-order valence-electron chi connectivity index (χ0n) is 8.21. The normalized spacial score (nSPS) is 14.8. The second-order valence-electron chi connectivity index (χ2n) is 3.44. The van der Waals surface area contributed by atoms with E-state index in [1.165, 1.54) is 0 Å². The first-order chi connectivity index (χ1) is 6.34. The second-order valence-corrected chi connectivity index (χ2v) is 3.44. The first kappa shape index (κ1) is 11.0. The first-order valence-corrected chi connectivity index (χ1v) is 4.30. The number of hydrogen-bond donors (Lipinski definition) is 0. The molecule has 0 aliphatic heterocycles. The molecule has 6 heteroatoms. The fraction of sp³-hybridized carbons (Fsp3) is 0.750. The average molecular weight is 207 g/mol. The van der Waals surface area contributed by atoms with E-state index in [9.17, 15) is 13.2 Å². The van der Waals surface area contributed by atoms with Crippen LogP contribution in [0.4, 0.5) is 13.2 Å². The Balaban J connectivity index is 3.01. The van der Waals surface area contributed by atoms with Gasteiger partial charge in [0, 0.05) is 5.92 Å². The highest BCUT2D eigenvalue weighted by Crippen LogP contribution is 2.30. The van der Waals surface area contributed by atoms with Crippen LogP contribution in [0.25, 0.3) is 0 Å². The fourth-order valence-corrected chi connectivity index (χ4v) is 1.11. The van der Waals surface area contributed by atoms with Crippen LogP contribution in [0.1, 0.15) is 38.6 Å². The minimum atomic E-state index is -4.28. The van der Waals surface area contributed by atoms with Crippen LogP contribution >= 0.6 is 0 Å². The number of hydrogen-bond acceptors (Lipinski definition) is 2. The minimum absolute atomic E-state index is 0.0673. The molecule has 0 aliphatic rings. The van der Waals surface area contributed by atoms with Gasteiger partial charge in [0.25, 0.3) is 0 Å². The number of rotatable bonds is 2. The third kappa shape index (κ3) is 2.05. The number of halogens is 3. The lowest BCUT2D eigenvalue weighted by Crippen LogP contribution is -2.26. The van der Waals surface area contributed by atoms with Crippen LogP contribution < -0.4 is 0 Å². The molecule has 14 heavy (non-hydrogen) atoms. The van der Waals surface area contributed by atoms with Crippen molar-refractivity contribution in [1.29, 1.82) is 0 Å². The molecular formula is C8H12F3N3. The van der Waals surface area contributed by atoms with Crippen molar-refractivity contribution in [2.24, 2.45) is 0 Å². The molecule has 0 spiro atoms. The molecule has 0 saturated carbocycles. The lowest BCUT2D eigenvalue weighted by atomic mass is 10.2. The average Bonchev–Trinajstić information content (AvgIpc) is 2.48. The van der Waals surface area contributed by atoms with Gasteiger partial charge in [0.05, 0.1) is 0 Å². The van der Waals surface area contributed by atoms with Crippen molar-refractivity contribution in [3.8, 4) is 0 Å². The maximum atomic E-state index is 12.4. The molecule has 0 amide bonds. The third-order valence-corrected chi connectivity index (χ3v) is 1.96. The number of nitrogens with zero attached hydrogens (tertiary/aromatic N) is 3. The van der Waals surface area contributed by atoms with Crippen molar-refractivity contribution in [1.82, 2.24) is 14.8 Å². The SMILES string of the molecule is CC(C)c1ncnn1[C@@H](C)C(F)(F)F. The van der Waals surface area contributed by atoms with Crippen LogP contribution in [0.3, 0.4) is 0 Å². The highest BCUT2D eigenvalue weighted by atomic mass is 19.4. The van der Waals surface area contributed by atoms with E-state index in [-0.39, 0.29) is 5.92 Å². The summed E-state index contributed by atoms with van der Waals surface area (Å²) in [6, 6.07) is -1.62. The van der Waals surface area contributed by atoms with E-state index in [1.807, 2.05) is 0 Å². The van der Waals surface area contributed by atoms with Crippen molar-refractivity contribution < 1.29 is 13.2 Å². The number of alkyl halides is 3. The van der Waals surface area contributed by atoms with Crippen LogP contribution in [0.5, 0.6) is 0 Å². The monoisotopic (exact) mass is 207 g/mol. The molecule has 0 fully saturated rings. The van der Waals surface area contributed by atoms with Crippen molar-refractivity contribution in [2.45, 2.75) is 38.9 Å². The molecule has 0 N–H and O–H groups in total. The van der Waals surface area contributed by atoms with Gasteiger partial charge >= 0.3 is 6.18 Å². The van der Waals surface area contributed by atoms with Gasteiger partial charge in [-0.05, 0) is 6.92 Å². The van der Waals surface area contributed by atoms with E-state index in [1.54, 1.807) is 13.8 Å². The molecule has 0 radical (unpaired) electrons. The van der Waals surface area contributed by atoms with Crippen LogP contribution in [-0.4, -0.2) is 20.9 Å². The van der Waals surface area contributed by atoms with Crippen LogP contribution in [-0.2, 0) is 0 Å². The van der Waals surface area contributed by atoms with Gasteiger partial charge in [-0.1, -0.05) is 13.8 Å². The van der Waals surface area contributed by atoms with E-state index in [4.69, 9.17) is 0 Å². The van der Waals surface area contributed by atoms with E-state index in [0.717, 1.165) is 17.9 Å². The maximum Gasteiger partial charge on any atom is 0.410 e. The molecule has 1 aromatic rings. The summed E-state index contributed by atoms with van der Waals surface area (Å²) in [5.41, 5.74) is 0. The highest BCUT2D eigenvalue weighted by Gasteiger charge is 2.39. The molecule has 0 saturated heterocycles. The molecule has 1 aromatic heterocycles. The van der Waals surface area contributed by atoms with Crippen LogP contribution in [0, 0.1) is 0 Å². The molecule has 3 nitrogen and oxygen atoms in total. The molecule has 0 bridgehead atoms. The Labute approximate surface area is 79.9 Å². The Morgan fingerprint density at radius 2 is 1.86 bits per heavy atom. The molecular weight excluding hydrogens is 195 g/mol. The summed E-state index contributed by atoms with van der Waals surface area (Å²) in [6.45, 7) is 4.63. The third-order valence-electron chi connectivity index (χ3n) is 1.96. The van der Waals surface area contributed by atoms with Gasteiger partial charge in [0.1, 0.15) is 18.2 Å². The van der Waals surface area contributed by atoms with Gasteiger partial charge in [-0.25, -0.2) is 9.67 Å². The Morgan fingerprint density at radius 3 is 2.29 bits per heavy atom. The van der Waals surface area contributed by atoms with Gasteiger partial charge in [-0.15, -0.1) is 0 Å². The summed E-state index contributed by atoms with van der Waals surface area (Å²) in [6.07, 6.45) is -3.13. The van der Waals surface area contributed by atoms with Crippen molar-refractivity contribution >= 4 is 0 Å². The van der Waals surface area contributed by atoms with Crippen LogP contribution in [0.2, 0.25) is 0 Å². The maximum absolute atomic E-state index is 12.4. The van der Waals surface area contributed by atoms with E-state index in [0.29, 0.717) is 5.82 Å². The molecule has 0 aromatic carbocycles. The summed E-state index contributed by atoms with van der Waals surface area (Å²) in [5.74, 6) is 0.289. The van der Waals surface area contributed by atoms with Crippen molar-refractivity contribution in [3.63, 3.8) is 0 Å². The van der Waals surface area contributed by atoms with E-state index >= 15 is 0 Å². The molecule has 1 heterocycles. The summed E-state index contributed by atoms with van der Waals surface area (Å²) in [4.78, 5) is 3.80. The zero-order chi connectivity index (χ0) is 10.9. The lowest BCUT2D eigenvalue weighted by Gasteiger charge is -2.18. The summed E-state index contributed by atoms with van der Waals surface area (Å²) >= 11 is 0. The van der Waals surface area contributed by atoms with Gasteiger partial charge in [-0.2, -0.15) is 18.3 Å². The predicted molar refractivity (Wildman–Crippen MR) is 44.9 cm³/mol. The molecule has 0 aliphatic carbocycles. The quantitative estimate of drug-likeness (QED) is 0.746. The minimum Gasteiger partial charge on any atom is -0.238 e. The Kier molecular flexibility index (Phi) is 2.82. The standard InChI is InChI=1S/C8H12F3N3/c1-5(2)7-12-4-13-14(7)6(3)8(9,10)11/h4-6H,1-3H3/t6-/m0/s1. The second kappa shape index (κ2) is 3.59. The first-order valence-electron chi connectivity index (χ1n) is 4.30. The Bertz CT molecular complexity index is 303.